The molecule has 8 heteroatoms. The van der Waals surface area contributed by atoms with Crippen molar-refractivity contribution in [3.8, 4) is 0 Å². The first-order valence-electron chi connectivity index (χ1n) is 19.4. The van der Waals surface area contributed by atoms with E-state index in [1.165, 1.54) is 102 Å². The van der Waals surface area contributed by atoms with Gasteiger partial charge in [-0.15, -0.1) is 0 Å². The molecule has 0 saturated heterocycles. The maximum absolute atomic E-state index is 12.5. The summed E-state index contributed by atoms with van der Waals surface area (Å²) in [7, 11) is 1.50. The number of rotatable bonds is 18. The molecule has 0 aliphatic heterocycles. The van der Waals surface area contributed by atoms with E-state index in [0.29, 0.717) is 5.56 Å². The molecule has 2 unspecified atom stereocenters. The molecule has 0 spiro atoms. The molecule has 0 bridgehead atoms. The Balaban J connectivity index is 0.000000683. The fourth-order valence-electron chi connectivity index (χ4n) is 5.00. The van der Waals surface area contributed by atoms with Gasteiger partial charge < -0.3 is 9.64 Å². The minimum atomic E-state index is -4.22. The van der Waals surface area contributed by atoms with Crippen molar-refractivity contribution in [3.05, 3.63) is 107 Å². The van der Waals surface area contributed by atoms with Crippen molar-refractivity contribution in [3.63, 3.8) is 0 Å². The van der Waals surface area contributed by atoms with Crippen LogP contribution in [0.3, 0.4) is 0 Å². The lowest BCUT2D eigenvalue weighted by Gasteiger charge is -2.25. The molecular formula is C45H68F4N2O2. The van der Waals surface area contributed by atoms with E-state index in [9.17, 15) is 22.4 Å². The fraction of sp³-hybridized carbons (Fsp3) is 0.556. The molecule has 3 aromatic rings. The van der Waals surface area contributed by atoms with Crippen molar-refractivity contribution in [2.75, 3.05) is 33.4 Å². The van der Waals surface area contributed by atoms with Gasteiger partial charge in [0.1, 0.15) is 12.4 Å². The van der Waals surface area contributed by atoms with Gasteiger partial charge in [-0.05, 0) is 117 Å². The number of pyridine rings is 1. The molecule has 0 aliphatic rings. The average molecular weight is 745 g/mol. The number of methoxy groups -OCH3 is 1. The van der Waals surface area contributed by atoms with Crippen molar-refractivity contribution in [2.24, 2.45) is 11.8 Å². The summed E-state index contributed by atoms with van der Waals surface area (Å²) in [5.41, 5.74) is 3.77. The zero-order valence-corrected chi connectivity index (χ0v) is 34.1. The number of benzene rings is 2. The van der Waals surface area contributed by atoms with Crippen LogP contribution in [0, 0.1) is 17.7 Å². The van der Waals surface area contributed by atoms with E-state index in [2.05, 4.69) is 58.0 Å². The second kappa shape index (κ2) is 29.1. The smallest absolute Gasteiger partial charge is 0.377 e. The third-order valence-electron chi connectivity index (χ3n) is 8.91. The van der Waals surface area contributed by atoms with Crippen LogP contribution in [0.5, 0.6) is 0 Å². The van der Waals surface area contributed by atoms with Gasteiger partial charge in [-0.3, -0.25) is 9.78 Å². The highest BCUT2D eigenvalue weighted by molar-refractivity contribution is 5.97. The van der Waals surface area contributed by atoms with Crippen LogP contribution in [-0.4, -0.2) is 49.0 Å². The second-order valence-corrected chi connectivity index (χ2v) is 13.8. The number of ether oxygens (including phenoxy) is 1. The first kappa shape index (κ1) is 49.6. The number of Topliss-reactive ketones (excluding diaryl/α,β-unsaturated/α-hetero) is 1. The first-order valence-corrected chi connectivity index (χ1v) is 19.4. The Labute approximate surface area is 319 Å². The number of hydrogen-bond donors (Lipinski definition) is 0. The maximum atomic E-state index is 12.5. The third-order valence-corrected chi connectivity index (χ3v) is 8.91. The van der Waals surface area contributed by atoms with Gasteiger partial charge in [0.15, 0.2) is 5.78 Å². The molecule has 1 aromatic heterocycles. The molecule has 53 heavy (non-hydrogen) atoms. The Bertz CT molecular complexity index is 1370. The fourth-order valence-corrected chi connectivity index (χ4v) is 5.00. The van der Waals surface area contributed by atoms with Gasteiger partial charge in [-0.1, -0.05) is 105 Å². The van der Waals surface area contributed by atoms with Crippen LogP contribution < -0.4 is 0 Å². The van der Waals surface area contributed by atoms with Crippen molar-refractivity contribution in [1.82, 2.24) is 9.88 Å². The number of aromatic nitrogens is 1. The van der Waals surface area contributed by atoms with Gasteiger partial charge in [-0.2, -0.15) is 13.2 Å². The van der Waals surface area contributed by atoms with Gasteiger partial charge >= 0.3 is 6.18 Å². The summed E-state index contributed by atoms with van der Waals surface area (Å²) in [4.78, 5) is 18.2. The van der Waals surface area contributed by atoms with Gasteiger partial charge in [0, 0.05) is 25.4 Å². The molecule has 0 aliphatic carbocycles. The molecule has 3 rings (SSSR count). The van der Waals surface area contributed by atoms with E-state index in [4.69, 9.17) is 4.74 Å². The molecule has 2 aromatic carbocycles. The molecule has 2 atom stereocenters. The number of ketones is 1. The lowest BCUT2D eigenvalue weighted by atomic mass is 10.0. The van der Waals surface area contributed by atoms with Crippen LogP contribution in [0.15, 0.2) is 73.4 Å². The number of alkyl halides is 3. The summed E-state index contributed by atoms with van der Waals surface area (Å²) >= 11 is 0. The molecule has 1 heterocycles. The standard InChI is InChI=1S/C14H31N.C11H15F.C11H13NO2.C9H9F3/c1-6-10-15(12-14(5)8-3)11-9-13(4)7-2;1-2-3-4-5-10-6-8-11(12)9-7-10;1-8(2)10-6-9(4-5-12-10)11(13)7-14-3;1-2-7-3-5-8(6-4-7)9(10,11)12/h13-14H,6-12H2,1-5H3;6-9H,2-5H2,1H3;4-6H,1,7H2,2-3H3;3-6H,2H2,1H3. The van der Waals surface area contributed by atoms with E-state index in [-0.39, 0.29) is 18.2 Å². The van der Waals surface area contributed by atoms with Gasteiger partial charge in [0.2, 0.25) is 0 Å². The van der Waals surface area contributed by atoms with E-state index >= 15 is 0 Å². The predicted molar refractivity (Wildman–Crippen MR) is 216 cm³/mol. The normalized spacial score (nSPS) is 12.0. The highest BCUT2D eigenvalue weighted by Crippen LogP contribution is 2.29. The molecular weight excluding hydrogens is 676 g/mol. The number of allylic oxidation sites excluding steroid dienone is 1. The maximum Gasteiger partial charge on any atom is 0.416 e. The monoisotopic (exact) mass is 745 g/mol. The first-order chi connectivity index (χ1) is 25.1. The molecule has 0 N–H and O–H groups in total. The molecule has 4 nitrogen and oxygen atoms in total. The van der Waals surface area contributed by atoms with Gasteiger partial charge in [-0.25, -0.2) is 4.39 Å². The Kier molecular flexibility index (Phi) is 27.2. The number of carbonyl (C=O) groups is 1. The van der Waals surface area contributed by atoms with Crippen LogP contribution >= 0.6 is 0 Å². The number of hydrogen-bond acceptors (Lipinski definition) is 4. The minimum Gasteiger partial charge on any atom is -0.377 e. The molecule has 0 radical (unpaired) electrons. The quantitative estimate of drug-likeness (QED) is 0.0739. The lowest BCUT2D eigenvalue weighted by Crippen LogP contribution is -2.31. The Morgan fingerprint density at radius 1 is 0.849 bits per heavy atom. The SMILES string of the molecule is C=C(C)c1cc(C(=O)COC)ccn1.CCCCCc1ccc(F)cc1.CCCN(CCC(C)CC)CC(C)CC.CCc1ccc(C(F)(F)F)cc1. The van der Waals surface area contributed by atoms with Crippen LogP contribution in [-0.2, 0) is 23.8 Å². The topological polar surface area (TPSA) is 42.4 Å². The van der Waals surface area contributed by atoms with Crippen LogP contribution in [0.4, 0.5) is 17.6 Å². The van der Waals surface area contributed by atoms with E-state index < -0.39 is 11.7 Å². The van der Waals surface area contributed by atoms with Crippen LogP contribution in [0.2, 0.25) is 0 Å². The van der Waals surface area contributed by atoms with E-state index in [1.807, 2.05) is 26.0 Å². The number of carbonyl (C=O) groups excluding carboxylic acids is 1. The van der Waals surface area contributed by atoms with Crippen molar-refractivity contribution >= 4 is 11.4 Å². The Hall–Kier alpha value is -3.36. The summed E-state index contributed by atoms with van der Waals surface area (Å²) in [6.45, 7) is 25.3. The average Bonchev–Trinajstić information content (AvgIpc) is 3.15. The number of nitrogens with zero attached hydrogens (tertiary/aromatic N) is 2. The molecule has 0 amide bonds. The van der Waals surface area contributed by atoms with Crippen molar-refractivity contribution in [1.29, 1.82) is 0 Å². The van der Waals surface area contributed by atoms with Crippen molar-refractivity contribution < 1.29 is 27.1 Å². The van der Waals surface area contributed by atoms with E-state index in [0.717, 1.165) is 53.6 Å². The summed E-state index contributed by atoms with van der Waals surface area (Å²) in [6.07, 6.45) is 8.23. The van der Waals surface area contributed by atoms with E-state index in [1.54, 1.807) is 18.3 Å². The Morgan fingerprint density at radius 2 is 1.45 bits per heavy atom. The molecule has 0 fully saturated rings. The summed E-state index contributed by atoms with van der Waals surface area (Å²) in [6, 6.07) is 15.4. The highest BCUT2D eigenvalue weighted by Gasteiger charge is 2.29. The highest BCUT2D eigenvalue weighted by atomic mass is 19.4. The van der Waals surface area contributed by atoms with Gasteiger partial charge in [0.25, 0.3) is 0 Å². The largest absolute Gasteiger partial charge is 0.416 e. The second-order valence-electron chi connectivity index (χ2n) is 13.8. The summed E-state index contributed by atoms with van der Waals surface area (Å²) < 4.78 is 53.3. The zero-order chi connectivity index (χ0) is 40.2. The molecule has 0 saturated carbocycles. The van der Waals surface area contributed by atoms with Crippen LogP contribution in [0.25, 0.3) is 5.57 Å². The molecule has 298 valence electrons. The van der Waals surface area contributed by atoms with Gasteiger partial charge in [0.05, 0.1) is 11.3 Å². The number of aryl methyl sites for hydroxylation is 2. The Morgan fingerprint density at radius 3 is 1.94 bits per heavy atom. The number of halogens is 4. The predicted octanol–water partition coefficient (Wildman–Crippen LogP) is 13.0. The number of unbranched alkanes of at least 4 members (excludes halogenated alkanes) is 2. The zero-order valence-electron chi connectivity index (χ0n) is 34.1. The minimum absolute atomic E-state index is 0.0441. The van der Waals surface area contributed by atoms with Crippen LogP contribution in [0.1, 0.15) is 133 Å². The third kappa shape index (κ3) is 23.8. The summed E-state index contributed by atoms with van der Waals surface area (Å²) in [5, 5.41) is 0. The summed E-state index contributed by atoms with van der Waals surface area (Å²) in [5.74, 6) is 1.56. The lowest BCUT2D eigenvalue weighted by molar-refractivity contribution is -0.137. The van der Waals surface area contributed by atoms with Crippen molar-refractivity contribution in [2.45, 2.75) is 119 Å².